The van der Waals surface area contributed by atoms with E-state index in [2.05, 4.69) is 14.6 Å². The molecule has 1 aliphatic heterocycles. The van der Waals surface area contributed by atoms with Crippen molar-refractivity contribution < 1.29 is 9.59 Å². The van der Waals surface area contributed by atoms with Crippen LogP contribution in [0.5, 0.6) is 0 Å². The number of nitrogens with two attached hydrogens (primary N) is 1. The first-order valence-electron chi connectivity index (χ1n) is 12.0. The van der Waals surface area contributed by atoms with Crippen LogP contribution in [0.15, 0.2) is 48.7 Å². The Morgan fingerprint density at radius 3 is 2.72 bits per heavy atom. The molecule has 6 rings (SSSR count). The highest BCUT2D eigenvalue weighted by Gasteiger charge is 2.32. The standard InChI is InChI=1S/C26H26N8O2/c1-3-32-21-8-5-4-7-20(21)29-22(32)15-34(33-12-6-9-23(33)35)26(36)16-10-11-19-17(13-16)24-18(25(27)30-19)14-28-31(24)2/h4-5,7-8,10-11,13-14H,3,6,9,12,15H2,1-2H3,(H2,27,30). The lowest BCUT2D eigenvalue weighted by atomic mass is 10.1. The number of amides is 2. The average Bonchev–Trinajstić information content (AvgIpc) is 3.58. The van der Waals surface area contributed by atoms with Gasteiger partial charge in [0.1, 0.15) is 18.2 Å². The van der Waals surface area contributed by atoms with E-state index in [9.17, 15) is 9.59 Å². The van der Waals surface area contributed by atoms with Crippen LogP contribution in [0.3, 0.4) is 0 Å². The number of hydrogen-bond acceptors (Lipinski definition) is 6. The van der Waals surface area contributed by atoms with Crippen LogP contribution in [0, 0.1) is 0 Å². The molecule has 0 spiro atoms. The summed E-state index contributed by atoms with van der Waals surface area (Å²) >= 11 is 0. The lowest BCUT2D eigenvalue weighted by Crippen LogP contribution is -2.47. The van der Waals surface area contributed by atoms with Crippen LogP contribution in [0.25, 0.3) is 32.8 Å². The smallest absolute Gasteiger partial charge is 0.272 e. The van der Waals surface area contributed by atoms with Crippen LogP contribution in [-0.2, 0) is 24.9 Å². The Hall–Kier alpha value is -4.47. The van der Waals surface area contributed by atoms with Crippen molar-refractivity contribution in [1.29, 1.82) is 0 Å². The highest BCUT2D eigenvalue weighted by Crippen LogP contribution is 2.29. The summed E-state index contributed by atoms with van der Waals surface area (Å²) in [5.74, 6) is 0.796. The Labute approximate surface area is 206 Å². The molecule has 3 aromatic heterocycles. The Balaban J connectivity index is 1.46. The Morgan fingerprint density at radius 2 is 1.94 bits per heavy atom. The highest BCUT2D eigenvalue weighted by atomic mass is 16.2. The predicted molar refractivity (Wildman–Crippen MR) is 137 cm³/mol. The van der Waals surface area contributed by atoms with E-state index in [1.165, 1.54) is 5.01 Å². The van der Waals surface area contributed by atoms with Gasteiger partial charge in [0.05, 0.1) is 33.6 Å². The molecule has 4 heterocycles. The number of aromatic nitrogens is 5. The van der Waals surface area contributed by atoms with Gasteiger partial charge in [0, 0.05) is 37.5 Å². The lowest BCUT2D eigenvalue weighted by Gasteiger charge is -2.31. The zero-order valence-electron chi connectivity index (χ0n) is 20.2. The number of pyridine rings is 1. The monoisotopic (exact) mass is 482 g/mol. The maximum absolute atomic E-state index is 14.0. The molecule has 1 aliphatic rings. The maximum Gasteiger partial charge on any atom is 0.272 e. The number of carbonyl (C=O) groups excluding carboxylic acids is 2. The van der Waals surface area contributed by atoms with E-state index in [0.29, 0.717) is 42.8 Å². The zero-order chi connectivity index (χ0) is 25.0. The number of nitrogens with zero attached hydrogens (tertiary/aromatic N) is 7. The summed E-state index contributed by atoms with van der Waals surface area (Å²) in [4.78, 5) is 36.1. The van der Waals surface area contributed by atoms with E-state index in [-0.39, 0.29) is 18.4 Å². The van der Waals surface area contributed by atoms with Crippen LogP contribution in [0.2, 0.25) is 0 Å². The molecule has 2 N–H and O–H groups in total. The molecule has 0 unspecified atom stereocenters. The van der Waals surface area contributed by atoms with Crippen LogP contribution in [0.1, 0.15) is 35.9 Å². The molecule has 0 radical (unpaired) electrons. The van der Waals surface area contributed by atoms with Crippen LogP contribution < -0.4 is 5.73 Å². The van der Waals surface area contributed by atoms with Gasteiger partial charge >= 0.3 is 0 Å². The van der Waals surface area contributed by atoms with Gasteiger partial charge in [-0.2, -0.15) is 5.10 Å². The summed E-state index contributed by atoms with van der Waals surface area (Å²) < 4.78 is 3.82. The summed E-state index contributed by atoms with van der Waals surface area (Å²) in [6.07, 6.45) is 2.81. The van der Waals surface area contributed by atoms with Crippen molar-refractivity contribution in [2.24, 2.45) is 7.05 Å². The van der Waals surface area contributed by atoms with Crippen LogP contribution >= 0.6 is 0 Å². The molecule has 0 atom stereocenters. The molecule has 1 saturated heterocycles. The van der Waals surface area contributed by atoms with Crippen molar-refractivity contribution in [2.45, 2.75) is 32.9 Å². The number of hydrazine groups is 1. The van der Waals surface area contributed by atoms with Crippen molar-refractivity contribution in [3.8, 4) is 0 Å². The molecule has 36 heavy (non-hydrogen) atoms. The van der Waals surface area contributed by atoms with Crippen LogP contribution in [-0.4, -0.2) is 52.7 Å². The molecule has 5 aromatic rings. The summed E-state index contributed by atoms with van der Waals surface area (Å²) in [5, 5.41) is 8.93. The fourth-order valence-electron chi connectivity index (χ4n) is 5.13. The minimum Gasteiger partial charge on any atom is -0.383 e. The molecule has 10 nitrogen and oxygen atoms in total. The van der Waals surface area contributed by atoms with Gasteiger partial charge in [0.15, 0.2) is 0 Å². The number of anilines is 1. The summed E-state index contributed by atoms with van der Waals surface area (Å²) in [6, 6.07) is 13.2. The third-order valence-corrected chi connectivity index (χ3v) is 6.87. The fourth-order valence-corrected chi connectivity index (χ4v) is 5.13. The zero-order valence-corrected chi connectivity index (χ0v) is 20.2. The van der Waals surface area contributed by atoms with Crippen molar-refractivity contribution in [3.63, 3.8) is 0 Å². The van der Waals surface area contributed by atoms with Gasteiger partial charge in [0.2, 0.25) is 5.91 Å². The first kappa shape index (κ1) is 22.0. The van der Waals surface area contributed by atoms with Crippen molar-refractivity contribution in [2.75, 3.05) is 12.3 Å². The van der Waals surface area contributed by atoms with Crippen molar-refractivity contribution >= 4 is 50.5 Å². The quantitative estimate of drug-likeness (QED) is 0.411. The molecule has 2 amide bonds. The maximum atomic E-state index is 14.0. The number of fused-ring (bicyclic) bond motifs is 4. The average molecular weight is 483 g/mol. The van der Waals surface area contributed by atoms with Gasteiger partial charge in [-0.05, 0) is 43.7 Å². The van der Waals surface area contributed by atoms with E-state index in [0.717, 1.165) is 33.1 Å². The number of hydrogen-bond donors (Lipinski definition) is 1. The fraction of sp³-hybridized carbons (Fsp3) is 0.269. The predicted octanol–water partition coefficient (Wildman–Crippen LogP) is 3.25. The second-order valence-corrected chi connectivity index (χ2v) is 9.00. The number of para-hydroxylation sites is 2. The Kier molecular flexibility index (Phi) is 5.10. The van der Waals surface area contributed by atoms with Crippen molar-refractivity contribution in [1.82, 2.24) is 34.3 Å². The summed E-state index contributed by atoms with van der Waals surface area (Å²) in [7, 11) is 1.83. The SMILES string of the molecule is CCn1c(CN(C(=O)c2ccc3nc(N)c4cnn(C)c4c3c2)N2CCCC2=O)nc2ccccc21. The topological polar surface area (TPSA) is 115 Å². The lowest BCUT2D eigenvalue weighted by molar-refractivity contribution is -0.140. The molecule has 1 fully saturated rings. The summed E-state index contributed by atoms with van der Waals surface area (Å²) in [5.41, 5.74) is 9.94. The van der Waals surface area contributed by atoms with Gasteiger partial charge in [-0.3, -0.25) is 19.3 Å². The number of benzene rings is 2. The van der Waals surface area contributed by atoms with Crippen molar-refractivity contribution in [3.05, 3.63) is 60.0 Å². The normalized spacial score (nSPS) is 13.9. The number of imidazole rings is 1. The molecule has 0 saturated carbocycles. The van der Waals surface area contributed by atoms with E-state index in [1.54, 1.807) is 28.0 Å². The first-order chi connectivity index (χ1) is 17.5. The van der Waals surface area contributed by atoms with Gasteiger partial charge < -0.3 is 10.3 Å². The molecule has 0 bridgehead atoms. The van der Waals surface area contributed by atoms with E-state index in [1.807, 2.05) is 44.3 Å². The van der Waals surface area contributed by atoms with E-state index in [4.69, 9.17) is 10.7 Å². The van der Waals surface area contributed by atoms with Gasteiger partial charge in [-0.25, -0.2) is 15.0 Å². The van der Waals surface area contributed by atoms with Gasteiger partial charge in [-0.1, -0.05) is 12.1 Å². The number of rotatable bonds is 5. The number of nitrogen functional groups attached to an aromatic ring is 1. The molecular formula is C26H26N8O2. The Morgan fingerprint density at radius 1 is 1.11 bits per heavy atom. The molecule has 10 heteroatoms. The second kappa shape index (κ2) is 8.33. The molecule has 0 aliphatic carbocycles. The van der Waals surface area contributed by atoms with Gasteiger partial charge in [0.25, 0.3) is 5.91 Å². The third kappa shape index (κ3) is 3.36. The molecule has 182 valence electrons. The second-order valence-electron chi connectivity index (χ2n) is 9.00. The van der Waals surface area contributed by atoms with Crippen LogP contribution in [0.4, 0.5) is 5.82 Å². The third-order valence-electron chi connectivity index (χ3n) is 6.87. The minimum atomic E-state index is -0.269. The molecular weight excluding hydrogens is 456 g/mol. The number of carbonyl (C=O) groups is 2. The summed E-state index contributed by atoms with van der Waals surface area (Å²) in [6.45, 7) is 3.43. The van der Waals surface area contributed by atoms with Gasteiger partial charge in [-0.15, -0.1) is 0 Å². The highest BCUT2D eigenvalue weighted by molar-refractivity contribution is 6.10. The number of aryl methyl sites for hydroxylation is 2. The van der Waals surface area contributed by atoms with E-state index < -0.39 is 0 Å². The minimum absolute atomic E-state index is 0.0632. The Bertz CT molecular complexity index is 1670. The largest absolute Gasteiger partial charge is 0.383 e. The molecule has 2 aromatic carbocycles. The first-order valence-corrected chi connectivity index (χ1v) is 12.0. The van der Waals surface area contributed by atoms with E-state index >= 15 is 0 Å².